The molecule has 2 heterocycles. The van der Waals surface area contributed by atoms with Crippen LogP contribution in [0.15, 0.2) is 48.5 Å². The van der Waals surface area contributed by atoms with E-state index in [2.05, 4.69) is 5.32 Å². The summed E-state index contributed by atoms with van der Waals surface area (Å²) in [5, 5.41) is 9.10. The van der Waals surface area contributed by atoms with Gasteiger partial charge in [-0.2, -0.15) is 0 Å². The Morgan fingerprint density at radius 3 is 2.58 bits per heavy atom. The Balaban J connectivity index is 1.82. The quantitative estimate of drug-likeness (QED) is 0.801. The molecule has 1 N–H and O–H groups in total. The molecule has 124 valence electrons. The van der Waals surface area contributed by atoms with Crippen molar-refractivity contribution in [3.8, 4) is 17.3 Å². The van der Waals surface area contributed by atoms with Crippen LogP contribution in [0.4, 0.5) is 0 Å². The van der Waals surface area contributed by atoms with Gasteiger partial charge in [0.1, 0.15) is 17.4 Å². The topological polar surface area (TPSA) is 48.3 Å². The molecule has 3 aromatic rings. The van der Waals surface area contributed by atoms with Crippen molar-refractivity contribution in [1.29, 1.82) is 0 Å². The number of para-hydroxylation sites is 2. The van der Waals surface area contributed by atoms with E-state index >= 15 is 0 Å². The first-order valence-electron chi connectivity index (χ1n) is 8.35. The number of fused-ring (bicyclic) bond motifs is 1. The molecule has 0 amide bonds. The first kappa shape index (κ1) is 15.0. The number of ether oxygens (including phenoxy) is 2. The van der Waals surface area contributed by atoms with Gasteiger partial charge in [-0.05, 0) is 50.2 Å². The summed E-state index contributed by atoms with van der Waals surface area (Å²) in [6.45, 7) is 1.98. The number of methoxy groups -OCH3 is 1. The number of nitrogens with one attached hydrogen (secondary N) is 1. The highest BCUT2D eigenvalue weighted by Crippen LogP contribution is 2.34. The Morgan fingerprint density at radius 2 is 1.83 bits per heavy atom. The molecule has 0 saturated carbocycles. The molecule has 1 aliphatic heterocycles. The molecule has 0 radical (unpaired) electrons. The minimum absolute atomic E-state index is 0.208. The molecule has 5 heteroatoms. The number of rotatable bonds is 4. The van der Waals surface area contributed by atoms with Crippen LogP contribution in [-0.4, -0.2) is 36.1 Å². The van der Waals surface area contributed by atoms with Gasteiger partial charge < -0.3 is 14.8 Å². The summed E-state index contributed by atoms with van der Waals surface area (Å²) in [6, 6.07) is 16.1. The van der Waals surface area contributed by atoms with E-state index in [0.717, 1.165) is 48.3 Å². The number of aromatic nitrogens is 2. The number of hydrogen-bond acceptors (Lipinski definition) is 4. The summed E-state index contributed by atoms with van der Waals surface area (Å²) >= 11 is 0. The predicted octanol–water partition coefficient (Wildman–Crippen LogP) is 3.16. The van der Waals surface area contributed by atoms with Crippen molar-refractivity contribution in [1.82, 2.24) is 15.1 Å². The molecule has 2 aromatic carbocycles. The second kappa shape index (κ2) is 6.53. The maximum absolute atomic E-state index is 6.24. The zero-order valence-electron chi connectivity index (χ0n) is 13.7. The maximum Gasteiger partial charge on any atom is 0.241 e. The van der Waals surface area contributed by atoms with Crippen molar-refractivity contribution in [2.75, 3.05) is 20.2 Å². The Kier molecular flexibility index (Phi) is 4.09. The molecule has 0 atom stereocenters. The summed E-state index contributed by atoms with van der Waals surface area (Å²) in [7, 11) is 1.68. The summed E-state index contributed by atoms with van der Waals surface area (Å²) in [5.41, 5.74) is 1.93. The van der Waals surface area contributed by atoms with Crippen LogP contribution < -0.4 is 14.8 Å². The first-order chi connectivity index (χ1) is 11.9. The fraction of sp³-hybridized carbons (Fsp3) is 0.316. The summed E-state index contributed by atoms with van der Waals surface area (Å²) in [6.07, 6.45) is 2.22. The molecule has 1 aromatic heterocycles. The van der Waals surface area contributed by atoms with Crippen LogP contribution in [0.2, 0.25) is 0 Å². The normalized spacial score (nSPS) is 15.5. The summed E-state index contributed by atoms with van der Waals surface area (Å²) in [5.74, 6) is 1.48. The minimum Gasteiger partial charge on any atom is -0.494 e. The van der Waals surface area contributed by atoms with E-state index in [9.17, 15) is 0 Å². The lowest BCUT2D eigenvalue weighted by Crippen LogP contribution is -2.34. The molecule has 0 bridgehead atoms. The standard InChI is InChI=1S/C19H21N3O2/c1-23-17-9-5-8-16-18(17)22(14-6-3-2-4-7-14)21-19(16)24-15-10-12-20-13-11-15/h2-9,15,20H,10-13H2,1H3. The van der Waals surface area contributed by atoms with Gasteiger partial charge >= 0.3 is 0 Å². The molecule has 4 rings (SSSR count). The minimum atomic E-state index is 0.208. The Morgan fingerprint density at radius 1 is 1.04 bits per heavy atom. The number of nitrogens with zero attached hydrogens (tertiary/aromatic N) is 2. The summed E-state index contributed by atoms with van der Waals surface area (Å²) < 4.78 is 13.7. The molecule has 0 spiro atoms. The average molecular weight is 323 g/mol. The molecule has 1 fully saturated rings. The summed E-state index contributed by atoms with van der Waals surface area (Å²) in [4.78, 5) is 0. The van der Waals surface area contributed by atoms with Gasteiger partial charge in [0.25, 0.3) is 0 Å². The Labute approximate surface area is 141 Å². The van der Waals surface area contributed by atoms with E-state index in [1.54, 1.807) is 7.11 Å². The average Bonchev–Trinajstić information content (AvgIpc) is 3.02. The lowest BCUT2D eigenvalue weighted by Gasteiger charge is -2.22. The van der Waals surface area contributed by atoms with E-state index in [1.165, 1.54) is 0 Å². The van der Waals surface area contributed by atoms with Crippen LogP contribution >= 0.6 is 0 Å². The highest BCUT2D eigenvalue weighted by atomic mass is 16.5. The lowest BCUT2D eigenvalue weighted by molar-refractivity contribution is 0.157. The van der Waals surface area contributed by atoms with Crippen LogP contribution in [0.25, 0.3) is 16.6 Å². The third kappa shape index (κ3) is 2.71. The lowest BCUT2D eigenvalue weighted by atomic mass is 10.1. The zero-order chi connectivity index (χ0) is 16.4. The van der Waals surface area contributed by atoms with Gasteiger partial charge in [0.2, 0.25) is 5.88 Å². The number of piperidine rings is 1. The van der Waals surface area contributed by atoms with Crippen molar-refractivity contribution in [2.24, 2.45) is 0 Å². The Hall–Kier alpha value is -2.53. The van der Waals surface area contributed by atoms with Gasteiger partial charge in [0.15, 0.2) is 0 Å². The van der Waals surface area contributed by atoms with Gasteiger partial charge in [0.05, 0.1) is 18.2 Å². The second-order valence-corrected chi connectivity index (χ2v) is 5.98. The van der Waals surface area contributed by atoms with E-state index in [-0.39, 0.29) is 6.10 Å². The highest BCUT2D eigenvalue weighted by molar-refractivity contribution is 5.91. The van der Waals surface area contributed by atoms with Gasteiger partial charge in [-0.1, -0.05) is 24.3 Å². The van der Waals surface area contributed by atoms with Crippen LogP contribution in [0.5, 0.6) is 11.6 Å². The van der Waals surface area contributed by atoms with Crippen LogP contribution in [-0.2, 0) is 0 Å². The maximum atomic E-state index is 6.24. The first-order valence-corrected chi connectivity index (χ1v) is 8.35. The molecular formula is C19H21N3O2. The van der Waals surface area contributed by atoms with E-state index < -0.39 is 0 Å². The van der Waals surface area contributed by atoms with Gasteiger partial charge in [0, 0.05) is 0 Å². The second-order valence-electron chi connectivity index (χ2n) is 5.98. The highest BCUT2D eigenvalue weighted by Gasteiger charge is 2.21. The molecule has 1 saturated heterocycles. The monoisotopic (exact) mass is 323 g/mol. The SMILES string of the molecule is COc1cccc2c(OC3CCNCC3)nn(-c3ccccc3)c12. The van der Waals surface area contributed by atoms with Crippen LogP contribution in [0.1, 0.15) is 12.8 Å². The van der Waals surface area contributed by atoms with Crippen LogP contribution in [0, 0.1) is 0 Å². The smallest absolute Gasteiger partial charge is 0.241 e. The van der Waals surface area contributed by atoms with E-state index in [4.69, 9.17) is 14.6 Å². The number of benzene rings is 2. The van der Waals surface area contributed by atoms with Crippen molar-refractivity contribution in [3.63, 3.8) is 0 Å². The molecule has 5 nitrogen and oxygen atoms in total. The molecule has 0 unspecified atom stereocenters. The zero-order valence-corrected chi connectivity index (χ0v) is 13.7. The van der Waals surface area contributed by atoms with Crippen molar-refractivity contribution < 1.29 is 9.47 Å². The van der Waals surface area contributed by atoms with Gasteiger partial charge in [-0.25, -0.2) is 4.68 Å². The fourth-order valence-electron chi connectivity index (χ4n) is 3.19. The van der Waals surface area contributed by atoms with Crippen molar-refractivity contribution in [2.45, 2.75) is 18.9 Å². The van der Waals surface area contributed by atoms with Crippen molar-refractivity contribution >= 4 is 10.9 Å². The predicted molar refractivity (Wildman–Crippen MR) is 94.1 cm³/mol. The van der Waals surface area contributed by atoms with Gasteiger partial charge in [-0.15, -0.1) is 5.10 Å². The van der Waals surface area contributed by atoms with Crippen LogP contribution in [0.3, 0.4) is 0 Å². The van der Waals surface area contributed by atoms with Crippen molar-refractivity contribution in [3.05, 3.63) is 48.5 Å². The largest absolute Gasteiger partial charge is 0.494 e. The molecule has 24 heavy (non-hydrogen) atoms. The molecule has 0 aliphatic carbocycles. The fourth-order valence-corrected chi connectivity index (χ4v) is 3.19. The van der Waals surface area contributed by atoms with E-state index in [0.29, 0.717) is 5.88 Å². The third-order valence-corrected chi connectivity index (χ3v) is 4.42. The molecular weight excluding hydrogens is 302 g/mol. The molecule has 1 aliphatic rings. The van der Waals surface area contributed by atoms with E-state index in [1.807, 2.05) is 53.2 Å². The number of hydrogen-bond donors (Lipinski definition) is 1. The Bertz CT molecular complexity index is 823. The third-order valence-electron chi connectivity index (χ3n) is 4.42. The van der Waals surface area contributed by atoms with Gasteiger partial charge in [-0.3, -0.25) is 0 Å².